The third kappa shape index (κ3) is 6.71. The summed E-state index contributed by atoms with van der Waals surface area (Å²) in [6.45, 7) is 0. The second-order valence-electron chi connectivity index (χ2n) is 9.96. The molecule has 10 N–H and O–H groups in total. The smallest absolute Gasteiger partial charge is 0.411 e. The standard InChI is InChI=1S/C18H16N2O2.C15H12F6N2O2/c19-13-7-1-3-9-15(13)21-17-11-5-6-12-18(17)22-16-10-4-2-8-14(16)20;16-14(17,18)13(15(19,20)21,7-3-1-5-9(22)11(7)24)8-4-2-6-10(23)12(8)25/h1-12H,19-20H2;1-6,24-25H,22-23H2. The lowest BCUT2D eigenvalue weighted by Crippen LogP contribution is -2.54. The summed E-state index contributed by atoms with van der Waals surface area (Å²) in [5.74, 6) is -0.468. The van der Waals surface area contributed by atoms with Gasteiger partial charge in [0.1, 0.15) is 11.5 Å². The second-order valence-corrected chi connectivity index (χ2v) is 9.96. The van der Waals surface area contributed by atoms with E-state index >= 15 is 0 Å². The number of para-hydroxylation sites is 8. The third-order valence-electron chi connectivity index (χ3n) is 6.92. The van der Waals surface area contributed by atoms with Crippen LogP contribution in [0.1, 0.15) is 11.1 Å². The number of nitrogens with two attached hydrogens (primary N) is 4. The normalized spacial score (nSPS) is 11.7. The summed E-state index contributed by atoms with van der Waals surface area (Å²) in [5.41, 5.74) is 14.3. The first-order valence-corrected chi connectivity index (χ1v) is 13.5. The van der Waals surface area contributed by atoms with Crippen molar-refractivity contribution in [2.45, 2.75) is 17.8 Å². The van der Waals surface area contributed by atoms with Crippen molar-refractivity contribution in [3.8, 4) is 34.5 Å². The first kappa shape index (κ1) is 34.0. The molecule has 0 radical (unpaired) electrons. The summed E-state index contributed by atoms with van der Waals surface area (Å²) in [6.07, 6.45) is -12.0. The molecule has 246 valence electrons. The molecule has 0 aliphatic rings. The van der Waals surface area contributed by atoms with E-state index in [-0.39, 0.29) is 0 Å². The van der Waals surface area contributed by atoms with Gasteiger partial charge in [0.05, 0.1) is 22.7 Å². The van der Waals surface area contributed by atoms with Crippen LogP contribution < -0.4 is 32.4 Å². The van der Waals surface area contributed by atoms with E-state index in [2.05, 4.69) is 0 Å². The van der Waals surface area contributed by atoms with Gasteiger partial charge in [0.15, 0.2) is 23.0 Å². The molecule has 0 atom stereocenters. The van der Waals surface area contributed by atoms with E-state index < -0.39 is 51.8 Å². The monoisotopic (exact) mass is 658 g/mol. The quantitative estimate of drug-likeness (QED) is 0.0605. The fourth-order valence-electron chi connectivity index (χ4n) is 4.65. The molecule has 8 nitrogen and oxygen atoms in total. The molecule has 0 amide bonds. The van der Waals surface area contributed by atoms with Crippen LogP contribution in [0.3, 0.4) is 0 Å². The molecule has 14 heteroatoms. The molecule has 0 spiro atoms. The Balaban J connectivity index is 0.000000214. The number of phenols is 2. The highest BCUT2D eigenvalue weighted by Crippen LogP contribution is 2.60. The number of ether oxygens (including phenoxy) is 2. The Kier molecular flexibility index (Phi) is 9.54. The predicted octanol–water partition coefficient (Wildman–Crippen LogP) is 8.11. The number of aromatic hydroxyl groups is 2. The van der Waals surface area contributed by atoms with E-state index in [0.29, 0.717) is 46.5 Å². The van der Waals surface area contributed by atoms with Crippen LogP contribution in [0.5, 0.6) is 34.5 Å². The molecular weight excluding hydrogens is 630 g/mol. The Labute approximate surface area is 264 Å². The molecule has 0 aromatic heterocycles. The summed E-state index contributed by atoms with van der Waals surface area (Å²) in [6, 6.07) is 26.4. The number of phenolic OH excluding ortho intramolecular Hbond substituents is 2. The Morgan fingerprint density at radius 1 is 0.404 bits per heavy atom. The maximum absolute atomic E-state index is 13.8. The van der Waals surface area contributed by atoms with Crippen molar-refractivity contribution in [1.29, 1.82) is 0 Å². The molecule has 0 aliphatic carbocycles. The summed E-state index contributed by atoms with van der Waals surface area (Å²) in [5, 5.41) is 19.7. The minimum absolute atomic E-state index is 0.440. The Hall–Kier alpha value is -5.92. The van der Waals surface area contributed by atoms with Crippen molar-refractivity contribution in [1.82, 2.24) is 0 Å². The predicted molar refractivity (Wildman–Crippen MR) is 166 cm³/mol. The van der Waals surface area contributed by atoms with E-state index in [1.54, 1.807) is 12.1 Å². The summed E-state index contributed by atoms with van der Waals surface area (Å²) < 4.78 is 94.8. The fourth-order valence-corrected chi connectivity index (χ4v) is 4.65. The van der Waals surface area contributed by atoms with Crippen molar-refractivity contribution in [3.63, 3.8) is 0 Å². The van der Waals surface area contributed by atoms with Gasteiger partial charge in [0.25, 0.3) is 0 Å². The van der Waals surface area contributed by atoms with Gasteiger partial charge in [-0.2, -0.15) is 26.3 Å². The Bertz CT molecular complexity index is 1730. The number of alkyl halides is 6. The van der Waals surface area contributed by atoms with Crippen molar-refractivity contribution in [3.05, 3.63) is 120 Å². The lowest BCUT2D eigenvalue weighted by Gasteiger charge is -2.39. The summed E-state index contributed by atoms with van der Waals surface area (Å²) in [7, 11) is 0. The van der Waals surface area contributed by atoms with Crippen LogP contribution in [0, 0.1) is 0 Å². The summed E-state index contributed by atoms with van der Waals surface area (Å²) >= 11 is 0. The number of anilines is 4. The molecule has 0 bridgehead atoms. The maximum Gasteiger partial charge on any atom is 0.411 e. The SMILES string of the molecule is Nc1cccc(C(c2cccc(N)c2O)(C(F)(F)F)C(F)(F)F)c1O.Nc1ccccc1Oc1ccccc1Oc1ccccc1N. The number of hydrogen-bond acceptors (Lipinski definition) is 8. The average molecular weight is 659 g/mol. The van der Waals surface area contributed by atoms with E-state index in [0.717, 1.165) is 24.3 Å². The average Bonchev–Trinajstić information content (AvgIpc) is 3.00. The number of hydrogen-bond donors (Lipinski definition) is 6. The van der Waals surface area contributed by atoms with Crippen LogP contribution in [0.4, 0.5) is 49.1 Å². The molecule has 5 aromatic rings. The van der Waals surface area contributed by atoms with Crippen LogP contribution in [0.25, 0.3) is 0 Å². The first-order valence-electron chi connectivity index (χ1n) is 13.5. The Morgan fingerprint density at radius 3 is 1.02 bits per heavy atom. The maximum atomic E-state index is 13.8. The van der Waals surface area contributed by atoms with Gasteiger partial charge in [0.2, 0.25) is 5.41 Å². The van der Waals surface area contributed by atoms with E-state index in [1.165, 1.54) is 0 Å². The van der Waals surface area contributed by atoms with Gasteiger partial charge in [0, 0.05) is 11.1 Å². The van der Waals surface area contributed by atoms with Gasteiger partial charge in [-0.1, -0.05) is 60.7 Å². The topological polar surface area (TPSA) is 163 Å². The number of halogens is 6. The number of nitrogen functional groups attached to an aromatic ring is 4. The van der Waals surface area contributed by atoms with Gasteiger partial charge in [-0.05, 0) is 48.5 Å². The van der Waals surface area contributed by atoms with E-state index in [1.807, 2.05) is 60.7 Å². The molecule has 0 heterocycles. The van der Waals surface area contributed by atoms with E-state index in [9.17, 15) is 36.6 Å². The minimum atomic E-state index is -5.98. The van der Waals surface area contributed by atoms with Gasteiger partial charge < -0.3 is 42.6 Å². The lowest BCUT2D eigenvalue weighted by atomic mass is 9.71. The zero-order valence-electron chi connectivity index (χ0n) is 24.2. The highest BCUT2D eigenvalue weighted by Gasteiger charge is 2.74. The third-order valence-corrected chi connectivity index (χ3v) is 6.92. The van der Waals surface area contributed by atoms with Crippen molar-refractivity contribution >= 4 is 22.7 Å². The van der Waals surface area contributed by atoms with Crippen LogP contribution in [-0.4, -0.2) is 22.6 Å². The molecule has 5 aromatic carbocycles. The van der Waals surface area contributed by atoms with Crippen LogP contribution >= 0.6 is 0 Å². The minimum Gasteiger partial charge on any atom is -0.505 e. The zero-order chi connectivity index (χ0) is 34.6. The molecule has 0 saturated heterocycles. The highest BCUT2D eigenvalue weighted by atomic mass is 19.4. The van der Waals surface area contributed by atoms with Gasteiger partial charge >= 0.3 is 12.4 Å². The molecule has 0 aliphatic heterocycles. The molecule has 0 fully saturated rings. The molecular formula is C33H28F6N4O4. The van der Waals surface area contributed by atoms with Crippen LogP contribution in [0.2, 0.25) is 0 Å². The highest BCUT2D eigenvalue weighted by molar-refractivity contribution is 5.67. The lowest BCUT2D eigenvalue weighted by molar-refractivity contribution is -0.289. The van der Waals surface area contributed by atoms with Gasteiger partial charge in [-0.15, -0.1) is 0 Å². The van der Waals surface area contributed by atoms with Crippen molar-refractivity contribution < 1.29 is 46.0 Å². The van der Waals surface area contributed by atoms with Crippen molar-refractivity contribution in [2.75, 3.05) is 22.9 Å². The second kappa shape index (κ2) is 13.2. The van der Waals surface area contributed by atoms with Gasteiger partial charge in [-0.3, -0.25) is 0 Å². The molecule has 0 unspecified atom stereocenters. The van der Waals surface area contributed by atoms with Crippen molar-refractivity contribution in [2.24, 2.45) is 0 Å². The van der Waals surface area contributed by atoms with Gasteiger partial charge in [-0.25, -0.2) is 0 Å². The fraction of sp³-hybridized carbons (Fsp3) is 0.0909. The van der Waals surface area contributed by atoms with Crippen LogP contribution in [0.15, 0.2) is 109 Å². The zero-order valence-corrected chi connectivity index (χ0v) is 24.2. The first-order chi connectivity index (χ1) is 22.1. The Morgan fingerprint density at radius 2 is 0.702 bits per heavy atom. The molecule has 0 saturated carbocycles. The molecule has 47 heavy (non-hydrogen) atoms. The van der Waals surface area contributed by atoms with E-state index in [4.69, 9.17) is 32.4 Å². The number of benzene rings is 5. The largest absolute Gasteiger partial charge is 0.505 e. The molecule has 5 rings (SSSR count). The number of rotatable bonds is 6. The summed E-state index contributed by atoms with van der Waals surface area (Å²) in [4.78, 5) is 0. The van der Waals surface area contributed by atoms with Crippen LogP contribution in [-0.2, 0) is 5.41 Å².